The minimum atomic E-state index is -1.44. The van der Waals surface area contributed by atoms with Crippen molar-refractivity contribution in [2.45, 2.75) is 38.9 Å². The van der Waals surface area contributed by atoms with Crippen LogP contribution in [0, 0.1) is 0 Å². The summed E-state index contributed by atoms with van der Waals surface area (Å²) in [6.07, 6.45) is 0. The summed E-state index contributed by atoms with van der Waals surface area (Å²) in [6.45, 7) is 12.0. The van der Waals surface area contributed by atoms with Crippen LogP contribution in [0.25, 0.3) is 78.4 Å². The van der Waals surface area contributed by atoms with Gasteiger partial charge in [0.05, 0.1) is 19.5 Å². The maximum absolute atomic E-state index is 5.24. The van der Waals surface area contributed by atoms with Crippen molar-refractivity contribution in [2.75, 3.05) is 0 Å². The van der Waals surface area contributed by atoms with Crippen molar-refractivity contribution in [1.29, 1.82) is 0 Å². The molecule has 0 bridgehead atoms. The lowest BCUT2D eigenvalue weighted by Crippen LogP contribution is -2.38. The molecule has 1 aliphatic rings. The molecule has 8 aromatic rings. The molecule has 1 aliphatic carbocycles. The zero-order valence-corrected chi connectivity index (χ0v) is 33.1. The molecule has 0 fully saturated rings. The molecule has 0 saturated carbocycles. The van der Waals surface area contributed by atoms with Crippen molar-refractivity contribution in [3.63, 3.8) is 0 Å². The summed E-state index contributed by atoms with van der Waals surface area (Å²) < 4.78 is 0. The highest BCUT2D eigenvalue weighted by Gasteiger charge is 2.36. The number of fused-ring (bicyclic) bond motifs is 3. The third-order valence-electron chi connectivity index (χ3n) is 11.3. The molecule has 266 valence electrons. The van der Waals surface area contributed by atoms with E-state index in [2.05, 4.69) is 203 Å². The summed E-state index contributed by atoms with van der Waals surface area (Å²) in [5, 5.41) is 1.52. The average Bonchev–Trinajstić information content (AvgIpc) is 3.46. The Morgan fingerprint density at radius 2 is 0.836 bits per heavy atom. The molecule has 0 radical (unpaired) electrons. The standard InChI is InChI=1S/C52H44N2Si/c1-52(2)47-29-26-41(32-46(47)45-28-27-44(33-48(45)52)55(3,4)5)40-19-13-21-43(31-40)50-34-49(42-20-12-18-39(30-42)36-16-10-7-11-17-36)53-51(54-50)38-24-22-37(23-25-38)35-14-8-6-9-15-35/h6-34H,1-5H3. The Balaban J connectivity index is 1.14. The molecular weight excluding hydrogens is 681 g/mol. The SMILES string of the molecule is CC1(C)c2ccc(-c3cccc(-c4cc(-c5cccc(-c6ccccc6)c5)nc(-c5ccc(-c6ccccc6)cc5)n4)c3)cc2-c2ccc([Si](C)(C)C)cc21. The van der Waals surface area contributed by atoms with E-state index in [1.807, 2.05) is 6.07 Å². The van der Waals surface area contributed by atoms with Crippen LogP contribution in [0.3, 0.4) is 0 Å². The van der Waals surface area contributed by atoms with Gasteiger partial charge in [-0.15, -0.1) is 0 Å². The highest BCUT2D eigenvalue weighted by molar-refractivity contribution is 6.88. The van der Waals surface area contributed by atoms with Gasteiger partial charge in [0, 0.05) is 22.1 Å². The maximum Gasteiger partial charge on any atom is 0.160 e. The number of hydrogen-bond acceptors (Lipinski definition) is 2. The van der Waals surface area contributed by atoms with Gasteiger partial charge in [0.25, 0.3) is 0 Å². The number of hydrogen-bond donors (Lipinski definition) is 0. The highest BCUT2D eigenvalue weighted by atomic mass is 28.3. The first-order chi connectivity index (χ1) is 26.6. The minimum absolute atomic E-state index is 0.0361. The third-order valence-corrected chi connectivity index (χ3v) is 13.3. The summed E-state index contributed by atoms with van der Waals surface area (Å²) in [4.78, 5) is 10.4. The molecule has 55 heavy (non-hydrogen) atoms. The summed E-state index contributed by atoms with van der Waals surface area (Å²) in [5.74, 6) is 0.705. The molecule has 9 rings (SSSR count). The minimum Gasteiger partial charge on any atom is -0.228 e. The van der Waals surface area contributed by atoms with Crippen LogP contribution in [0.4, 0.5) is 0 Å². The van der Waals surface area contributed by atoms with Gasteiger partial charge in [-0.3, -0.25) is 0 Å². The van der Waals surface area contributed by atoms with E-state index in [-0.39, 0.29) is 5.41 Å². The van der Waals surface area contributed by atoms with Crippen molar-refractivity contribution < 1.29 is 0 Å². The Hall–Kier alpha value is -6.16. The normalized spacial score (nSPS) is 13.0. The molecular formula is C52H44N2Si. The fraction of sp³-hybridized carbons (Fsp3) is 0.115. The van der Waals surface area contributed by atoms with E-state index in [0.717, 1.165) is 33.6 Å². The van der Waals surface area contributed by atoms with Crippen LogP contribution in [-0.2, 0) is 5.41 Å². The smallest absolute Gasteiger partial charge is 0.160 e. The summed E-state index contributed by atoms with van der Waals surface area (Å²) in [5.41, 5.74) is 17.5. The Morgan fingerprint density at radius 1 is 0.364 bits per heavy atom. The number of aromatic nitrogens is 2. The summed E-state index contributed by atoms with van der Waals surface area (Å²) >= 11 is 0. The van der Waals surface area contributed by atoms with Gasteiger partial charge in [0.2, 0.25) is 0 Å². The van der Waals surface area contributed by atoms with Gasteiger partial charge in [-0.05, 0) is 79.9 Å². The molecule has 0 unspecified atom stereocenters. The van der Waals surface area contributed by atoms with Crippen LogP contribution >= 0.6 is 0 Å². The molecule has 2 nitrogen and oxygen atoms in total. The summed E-state index contributed by atoms with van der Waals surface area (Å²) in [7, 11) is -1.44. The highest BCUT2D eigenvalue weighted by Crippen LogP contribution is 2.49. The lowest BCUT2D eigenvalue weighted by atomic mass is 9.82. The summed E-state index contributed by atoms with van der Waals surface area (Å²) in [6, 6.07) is 63.5. The van der Waals surface area contributed by atoms with Gasteiger partial charge in [-0.2, -0.15) is 0 Å². The van der Waals surface area contributed by atoms with Gasteiger partial charge < -0.3 is 0 Å². The second-order valence-corrected chi connectivity index (χ2v) is 21.4. The van der Waals surface area contributed by atoms with Gasteiger partial charge >= 0.3 is 0 Å². The monoisotopic (exact) mass is 724 g/mol. The molecule has 0 spiro atoms. The lowest BCUT2D eigenvalue weighted by molar-refractivity contribution is 0.661. The second kappa shape index (κ2) is 13.6. The topological polar surface area (TPSA) is 25.8 Å². The van der Waals surface area contributed by atoms with Crippen LogP contribution < -0.4 is 5.19 Å². The molecule has 1 heterocycles. The van der Waals surface area contributed by atoms with E-state index in [4.69, 9.17) is 9.97 Å². The molecule has 3 heteroatoms. The zero-order chi connectivity index (χ0) is 37.7. The molecule has 0 atom stereocenters. The largest absolute Gasteiger partial charge is 0.228 e. The van der Waals surface area contributed by atoms with E-state index in [1.54, 1.807) is 0 Å². The first-order valence-corrected chi connectivity index (χ1v) is 22.7. The molecule has 0 aliphatic heterocycles. The maximum atomic E-state index is 5.24. The second-order valence-electron chi connectivity index (χ2n) is 16.3. The Bertz CT molecular complexity index is 2690. The third kappa shape index (κ3) is 6.55. The van der Waals surface area contributed by atoms with Gasteiger partial charge in [0.1, 0.15) is 0 Å². The van der Waals surface area contributed by atoms with Crippen LogP contribution in [0.5, 0.6) is 0 Å². The predicted octanol–water partition coefficient (Wildman–Crippen LogP) is 13.3. The Labute approximate surface area is 326 Å². The quantitative estimate of drug-likeness (QED) is 0.153. The van der Waals surface area contributed by atoms with Crippen molar-refractivity contribution in [2.24, 2.45) is 0 Å². The molecule has 0 amide bonds. The van der Waals surface area contributed by atoms with Crippen LogP contribution in [0.1, 0.15) is 25.0 Å². The van der Waals surface area contributed by atoms with Crippen LogP contribution in [0.15, 0.2) is 176 Å². The zero-order valence-electron chi connectivity index (χ0n) is 32.1. The van der Waals surface area contributed by atoms with Crippen LogP contribution in [-0.4, -0.2) is 18.0 Å². The van der Waals surface area contributed by atoms with E-state index >= 15 is 0 Å². The van der Waals surface area contributed by atoms with Crippen molar-refractivity contribution >= 4 is 13.3 Å². The molecule has 7 aromatic carbocycles. The van der Waals surface area contributed by atoms with Crippen molar-refractivity contribution in [1.82, 2.24) is 9.97 Å². The first kappa shape index (κ1) is 34.6. The average molecular weight is 725 g/mol. The van der Waals surface area contributed by atoms with Crippen molar-refractivity contribution in [3.8, 4) is 78.4 Å². The van der Waals surface area contributed by atoms with E-state index < -0.39 is 8.07 Å². The van der Waals surface area contributed by atoms with Gasteiger partial charge in [0.15, 0.2) is 5.82 Å². The van der Waals surface area contributed by atoms with Gasteiger partial charge in [-0.1, -0.05) is 190 Å². The fourth-order valence-corrected chi connectivity index (χ4v) is 9.22. The van der Waals surface area contributed by atoms with Crippen LogP contribution in [0.2, 0.25) is 19.6 Å². The first-order valence-electron chi connectivity index (χ1n) is 19.2. The number of benzene rings is 7. The van der Waals surface area contributed by atoms with Gasteiger partial charge in [-0.25, -0.2) is 9.97 Å². The predicted molar refractivity (Wildman–Crippen MR) is 235 cm³/mol. The van der Waals surface area contributed by atoms with E-state index in [1.165, 1.54) is 55.3 Å². The lowest BCUT2D eigenvalue weighted by Gasteiger charge is -2.24. The molecule has 0 N–H and O–H groups in total. The van der Waals surface area contributed by atoms with Crippen molar-refractivity contribution in [3.05, 3.63) is 187 Å². The molecule has 0 saturated heterocycles. The fourth-order valence-electron chi connectivity index (χ4n) is 8.06. The Kier molecular flexibility index (Phi) is 8.56. The van der Waals surface area contributed by atoms with E-state index in [0.29, 0.717) is 5.82 Å². The Morgan fingerprint density at radius 3 is 1.44 bits per heavy atom. The molecule has 1 aromatic heterocycles. The number of rotatable bonds is 7. The van der Waals surface area contributed by atoms with E-state index in [9.17, 15) is 0 Å². The number of nitrogens with zero attached hydrogens (tertiary/aromatic N) is 2.